The average Bonchev–Trinajstić information content (AvgIpc) is 3.52. The summed E-state index contributed by atoms with van der Waals surface area (Å²) in [4.78, 5) is 29.1. The molecule has 3 rings (SSSR count). The Balaban J connectivity index is 2.32. The van der Waals surface area contributed by atoms with Gasteiger partial charge < -0.3 is 4.98 Å². The molecule has 0 spiro atoms. The largest absolute Gasteiger partial charge is 0.325 e. The van der Waals surface area contributed by atoms with Crippen molar-refractivity contribution >= 4 is 5.78 Å². The number of allylic oxidation sites excluding steroid dienone is 2. The van der Waals surface area contributed by atoms with Gasteiger partial charge in [-0.05, 0) is 42.5 Å². The highest BCUT2D eigenvalue weighted by Gasteiger charge is 2.27. The number of nitrogens with one attached hydrogen (secondary N) is 1. The Hall–Kier alpha value is -3.95. The number of benzene rings is 1. The van der Waals surface area contributed by atoms with Crippen LogP contribution in [0, 0.1) is 34.0 Å². The molecule has 1 N–H and O–H groups in total. The molecule has 1 aliphatic carbocycles. The van der Waals surface area contributed by atoms with Crippen molar-refractivity contribution in [3.63, 3.8) is 0 Å². The second-order valence-corrected chi connectivity index (χ2v) is 7.28. The molecule has 142 valence electrons. The fraction of sp³-hybridized carbons (Fsp3) is 0.261. The Morgan fingerprint density at radius 1 is 1.14 bits per heavy atom. The minimum Gasteiger partial charge on any atom is -0.325 e. The molecule has 6 heteroatoms. The molecular formula is C23H18N4O2. The summed E-state index contributed by atoms with van der Waals surface area (Å²) in [7, 11) is 0. The van der Waals surface area contributed by atoms with E-state index in [-0.39, 0.29) is 40.2 Å². The van der Waals surface area contributed by atoms with Crippen molar-refractivity contribution in [2.24, 2.45) is 0 Å². The summed E-state index contributed by atoms with van der Waals surface area (Å²) >= 11 is 0. The van der Waals surface area contributed by atoms with Crippen LogP contribution in [-0.4, -0.2) is 10.8 Å². The minimum absolute atomic E-state index is 0.0157. The van der Waals surface area contributed by atoms with Gasteiger partial charge in [-0.1, -0.05) is 25.5 Å². The molecule has 0 aliphatic heterocycles. The number of aromatic nitrogens is 1. The highest BCUT2D eigenvalue weighted by atomic mass is 16.1. The van der Waals surface area contributed by atoms with Crippen LogP contribution in [0.2, 0.25) is 0 Å². The molecule has 0 bridgehead atoms. The molecule has 1 aromatic heterocycles. The molecule has 2 aromatic rings. The third-order valence-electron chi connectivity index (χ3n) is 4.85. The number of ketones is 1. The van der Waals surface area contributed by atoms with Crippen molar-refractivity contribution in [1.29, 1.82) is 15.8 Å². The van der Waals surface area contributed by atoms with Crippen LogP contribution in [0.4, 0.5) is 0 Å². The van der Waals surface area contributed by atoms with Gasteiger partial charge in [0, 0.05) is 22.4 Å². The maximum Gasteiger partial charge on any atom is 0.252 e. The van der Waals surface area contributed by atoms with Gasteiger partial charge in [-0.3, -0.25) is 9.59 Å². The highest BCUT2D eigenvalue weighted by Crippen LogP contribution is 2.31. The summed E-state index contributed by atoms with van der Waals surface area (Å²) in [6.45, 7) is 3.66. The van der Waals surface area contributed by atoms with Crippen LogP contribution in [0.1, 0.15) is 70.1 Å². The summed E-state index contributed by atoms with van der Waals surface area (Å²) in [5, 5.41) is 27.7. The molecule has 6 nitrogen and oxygen atoms in total. The molecule has 0 unspecified atom stereocenters. The van der Waals surface area contributed by atoms with E-state index in [0.29, 0.717) is 23.2 Å². The number of hydrogen-bond acceptors (Lipinski definition) is 5. The molecule has 0 radical (unpaired) electrons. The second kappa shape index (κ2) is 7.97. The lowest BCUT2D eigenvalue weighted by Gasteiger charge is -2.18. The molecule has 1 aliphatic rings. The van der Waals surface area contributed by atoms with Crippen LogP contribution in [0.25, 0.3) is 0 Å². The van der Waals surface area contributed by atoms with Gasteiger partial charge in [-0.25, -0.2) is 0 Å². The topological polar surface area (TPSA) is 121 Å². The number of hydrogen-bond donors (Lipinski definition) is 1. The van der Waals surface area contributed by atoms with Gasteiger partial charge in [0.05, 0.1) is 35.8 Å². The third-order valence-corrected chi connectivity index (χ3v) is 4.85. The molecule has 1 aromatic carbocycles. The Morgan fingerprint density at radius 2 is 1.76 bits per heavy atom. The van der Waals surface area contributed by atoms with Crippen molar-refractivity contribution < 1.29 is 4.79 Å². The average molecular weight is 382 g/mol. The second-order valence-electron chi connectivity index (χ2n) is 7.28. The van der Waals surface area contributed by atoms with E-state index >= 15 is 0 Å². The normalized spacial score (nSPS) is 11.9. The van der Waals surface area contributed by atoms with Crippen LogP contribution >= 0.6 is 0 Å². The van der Waals surface area contributed by atoms with Crippen LogP contribution in [-0.2, 0) is 12.8 Å². The predicted octanol–water partition coefficient (Wildman–Crippen LogP) is 3.41. The van der Waals surface area contributed by atoms with Crippen LogP contribution in [0.3, 0.4) is 0 Å². The Morgan fingerprint density at radius 3 is 2.24 bits per heavy atom. The lowest BCUT2D eigenvalue weighted by atomic mass is 9.86. The zero-order valence-electron chi connectivity index (χ0n) is 16.2. The zero-order chi connectivity index (χ0) is 21.1. The number of nitrogens with zero attached hydrogens (tertiary/aromatic N) is 3. The van der Waals surface area contributed by atoms with E-state index in [1.165, 1.54) is 18.2 Å². The zero-order valence-corrected chi connectivity index (χ0v) is 16.2. The maximum atomic E-state index is 13.6. The number of rotatable bonds is 6. The molecular weight excluding hydrogens is 364 g/mol. The van der Waals surface area contributed by atoms with Crippen molar-refractivity contribution in [3.05, 3.63) is 79.3 Å². The van der Waals surface area contributed by atoms with Gasteiger partial charge in [-0.2, -0.15) is 15.8 Å². The smallest absolute Gasteiger partial charge is 0.252 e. The SMILES string of the molecule is CC(C)c1c(C(=O)c2cc(C#N)cc(C#N)c2)c(CC2=CC2)c(CC#N)[nH]c1=O. The Kier molecular flexibility index (Phi) is 5.44. The number of aromatic amines is 1. The van der Waals surface area contributed by atoms with Gasteiger partial charge in [0.25, 0.3) is 5.56 Å². The van der Waals surface area contributed by atoms with Crippen LogP contribution in [0.5, 0.6) is 0 Å². The van der Waals surface area contributed by atoms with E-state index in [0.717, 1.165) is 12.0 Å². The van der Waals surface area contributed by atoms with E-state index in [9.17, 15) is 25.4 Å². The number of pyridine rings is 1. The number of nitriles is 3. The van der Waals surface area contributed by atoms with Gasteiger partial charge in [0.15, 0.2) is 5.78 Å². The van der Waals surface area contributed by atoms with Crippen LogP contribution < -0.4 is 5.56 Å². The van der Waals surface area contributed by atoms with E-state index in [4.69, 9.17) is 0 Å². The molecule has 0 fully saturated rings. The van der Waals surface area contributed by atoms with Crippen LogP contribution in [0.15, 0.2) is 34.6 Å². The van der Waals surface area contributed by atoms with Crippen molar-refractivity contribution in [2.45, 2.75) is 39.0 Å². The first-order valence-corrected chi connectivity index (χ1v) is 9.22. The number of carbonyl (C=O) groups is 1. The summed E-state index contributed by atoms with van der Waals surface area (Å²) in [6, 6.07) is 10.2. The summed E-state index contributed by atoms with van der Waals surface area (Å²) in [5.74, 6) is -0.640. The standard InChI is InChI=1S/C23H18N4O2/c1-13(2)20-21(22(28)17-8-15(11-25)7-16(9-17)12-26)18(10-14-3-4-14)19(5-6-24)27-23(20)29/h3,7-9,13H,4-5,10H2,1-2H3,(H,27,29). The van der Waals surface area contributed by atoms with Crippen molar-refractivity contribution in [2.75, 3.05) is 0 Å². The van der Waals surface area contributed by atoms with Gasteiger partial charge in [-0.15, -0.1) is 0 Å². The molecule has 0 atom stereocenters. The predicted molar refractivity (Wildman–Crippen MR) is 106 cm³/mol. The first kappa shape index (κ1) is 19.8. The molecule has 0 saturated carbocycles. The molecule has 1 heterocycles. The first-order valence-electron chi connectivity index (χ1n) is 9.22. The van der Waals surface area contributed by atoms with E-state index in [1.807, 2.05) is 38.1 Å². The third kappa shape index (κ3) is 4.00. The lowest BCUT2D eigenvalue weighted by molar-refractivity contribution is 0.103. The molecule has 0 saturated heterocycles. The van der Waals surface area contributed by atoms with E-state index in [1.54, 1.807) is 0 Å². The Labute approximate surface area is 168 Å². The quantitative estimate of drug-likeness (QED) is 0.606. The van der Waals surface area contributed by atoms with Crippen molar-refractivity contribution in [3.8, 4) is 18.2 Å². The number of carbonyl (C=O) groups excluding carboxylic acids is 1. The lowest BCUT2D eigenvalue weighted by Crippen LogP contribution is -2.25. The molecule has 0 amide bonds. The first-order chi connectivity index (χ1) is 13.9. The van der Waals surface area contributed by atoms with Gasteiger partial charge >= 0.3 is 0 Å². The summed E-state index contributed by atoms with van der Waals surface area (Å²) in [6.07, 6.45) is 3.35. The van der Waals surface area contributed by atoms with Gasteiger partial charge in [0.2, 0.25) is 0 Å². The monoisotopic (exact) mass is 382 g/mol. The fourth-order valence-corrected chi connectivity index (χ4v) is 3.42. The highest BCUT2D eigenvalue weighted by molar-refractivity contribution is 6.11. The Bertz CT molecular complexity index is 1200. The van der Waals surface area contributed by atoms with E-state index in [2.05, 4.69) is 4.98 Å². The fourth-order valence-electron chi connectivity index (χ4n) is 3.42. The van der Waals surface area contributed by atoms with E-state index < -0.39 is 5.78 Å². The maximum absolute atomic E-state index is 13.6. The minimum atomic E-state index is -0.413. The van der Waals surface area contributed by atoms with Gasteiger partial charge in [0.1, 0.15) is 0 Å². The molecule has 29 heavy (non-hydrogen) atoms. The van der Waals surface area contributed by atoms with Crippen molar-refractivity contribution in [1.82, 2.24) is 4.98 Å². The summed E-state index contributed by atoms with van der Waals surface area (Å²) < 4.78 is 0. The summed E-state index contributed by atoms with van der Waals surface area (Å²) in [5.41, 5.74) is 3.05. The number of H-pyrrole nitrogens is 1.